The average Bonchev–Trinajstić information content (AvgIpc) is 3.04. The second-order valence-electron chi connectivity index (χ2n) is 15.2. The van der Waals surface area contributed by atoms with Crippen LogP contribution in [0, 0.1) is 23.7 Å². The number of hydrogen-bond donors (Lipinski definition) is 0. The van der Waals surface area contributed by atoms with E-state index in [1.165, 1.54) is 12.1 Å². The normalized spacial score (nSPS) is 34.4. The predicted octanol–water partition coefficient (Wildman–Crippen LogP) is 7.61. The van der Waals surface area contributed by atoms with E-state index in [9.17, 15) is 4.79 Å². The van der Waals surface area contributed by atoms with Crippen LogP contribution >= 0.6 is 0 Å². The lowest BCUT2D eigenvalue weighted by Crippen LogP contribution is -2.49. The van der Waals surface area contributed by atoms with Gasteiger partial charge < -0.3 is 9.16 Å². The smallest absolute Gasteiger partial charge is 0.191 e. The summed E-state index contributed by atoms with van der Waals surface area (Å²) in [5, 5.41) is 0.250. The van der Waals surface area contributed by atoms with E-state index >= 15 is 0 Å². The summed E-state index contributed by atoms with van der Waals surface area (Å²) in [5.74, 6) is 1.77. The highest BCUT2D eigenvalue weighted by Crippen LogP contribution is 2.60. The molecule has 4 bridgehead atoms. The van der Waals surface area contributed by atoms with Crippen molar-refractivity contribution in [1.82, 2.24) is 0 Å². The Bertz CT molecular complexity index is 756. The third-order valence-electron chi connectivity index (χ3n) is 8.81. The molecule has 0 amide bonds. The third kappa shape index (κ3) is 5.87. The minimum absolute atomic E-state index is 0.0187. The Morgan fingerprint density at radius 1 is 0.939 bits per heavy atom. The fraction of sp³-hybridized carbons (Fsp3) is 0.889. The van der Waals surface area contributed by atoms with Gasteiger partial charge in [0.1, 0.15) is 5.78 Å². The summed E-state index contributed by atoms with van der Waals surface area (Å²) in [6.07, 6.45) is 7.68. The number of unbranched alkanes of at least 4 members (excludes halogenated alkanes) is 1. The second-order valence-corrected chi connectivity index (χ2v) is 31.1. The molecule has 2 fully saturated rings. The van der Waals surface area contributed by atoms with Crippen LogP contribution in [0.5, 0.6) is 0 Å². The molecule has 0 spiro atoms. The van der Waals surface area contributed by atoms with Crippen molar-refractivity contribution in [3.05, 3.63) is 12.2 Å². The summed E-state index contributed by atoms with van der Waals surface area (Å²) in [4.78, 5) is 13.9. The van der Waals surface area contributed by atoms with Gasteiger partial charge in [-0.1, -0.05) is 84.3 Å². The highest BCUT2D eigenvalue weighted by Gasteiger charge is 2.66. The summed E-state index contributed by atoms with van der Waals surface area (Å²) < 4.78 is 13.2. The number of carbonyl (C=O) groups excluding carboxylic acids is 1. The molecule has 0 radical (unpaired) electrons. The third-order valence-corrected chi connectivity index (χ3v) is 16.7. The number of Topliss-reactive ketones (excluding diaryl/α,β-unsaturated/α-hetero) is 1. The van der Waals surface area contributed by atoms with Gasteiger partial charge in [-0.05, 0) is 49.2 Å². The maximum atomic E-state index is 13.9. The van der Waals surface area contributed by atoms with Crippen LogP contribution in [0.2, 0.25) is 69.5 Å². The van der Waals surface area contributed by atoms with Crippen LogP contribution in [-0.2, 0) is 14.0 Å². The van der Waals surface area contributed by atoms with Gasteiger partial charge in [0, 0.05) is 22.8 Å². The molecule has 33 heavy (non-hydrogen) atoms. The largest absolute Gasteiger partial charge is 0.417 e. The number of rotatable bonds is 10. The lowest BCUT2D eigenvalue weighted by atomic mass is 9.76. The quantitative estimate of drug-likeness (QED) is 0.173. The van der Waals surface area contributed by atoms with Crippen molar-refractivity contribution in [1.29, 1.82) is 0 Å². The molecule has 0 aromatic heterocycles. The first-order valence-electron chi connectivity index (χ1n) is 13.4. The average molecular weight is 509 g/mol. The molecule has 6 heteroatoms. The van der Waals surface area contributed by atoms with E-state index < -0.39 is 24.5 Å². The fourth-order valence-corrected chi connectivity index (χ4v) is 11.4. The molecule has 0 unspecified atom stereocenters. The van der Waals surface area contributed by atoms with E-state index in [-0.39, 0.29) is 28.6 Å². The van der Waals surface area contributed by atoms with E-state index in [0.717, 1.165) is 25.9 Å². The van der Waals surface area contributed by atoms with E-state index in [4.69, 9.17) is 9.16 Å². The number of fused-ring (bicyclic) bond motifs is 6. The molecular formula is C27H52O3Si3. The van der Waals surface area contributed by atoms with Gasteiger partial charge >= 0.3 is 0 Å². The molecule has 0 N–H and O–H groups in total. The molecule has 1 aliphatic carbocycles. The molecule has 3 nitrogen and oxygen atoms in total. The van der Waals surface area contributed by atoms with Crippen LogP contribution in [0.15, 0.2) is 12.2 Å². The number of ketones is 1. The Balaban J connectivity index is 1.74. The highest BCUT2D eigenvalue weighted by atomic mass is 28.4. The summed E-state index contributed by atoms with van der Waals surface area (Å²) in [5.41, 5.74) is -0.353. The van der Waals surface area contributed by atoms with Gasteiger partial charge in [0.05, 0.1) is 23.5 Å². The van der Waals surface area contributed by atoms with E-state index in [1.807, 2.05) is 0 Å². The highest BCUT2D eigenvalue weighted by molar-refractivity contribution is 6.77. The van der Waals surface area contributed by atoms with Crippen molar-refractivity contribution in [2.24, 2.45) is 23.7 Å². The molecule has 0 aromatic rings. The van der Waals surface area contributed by atoms with Crippen molar-refractivity contribution in [3.8, 4) is 0 Å². The SMILES string of the molecule is CC(C)(C)[Si](C)(C)OCCCC[C@]12C=C[C@H](O1)[C@H]1C(=O)[C@@H]2[C@H](C[Si](C)(C)C)[C@@H]1C[Si](C)(C)C. The van der Waals surface area contributed by atoms with Gasteiger partial charge in [-0.2, -0.15) is 0 Å². The summed E-state index contributed by atoms with van der Waals surface area (Å²) in [7, 11) is -4.28. The lowest BCUT2D eigenvalue weighted by Gasteiger charge is -2.41. The molecule has 1 saturated carbocycles. The van der Waals surface area contributed by atoms with Crippen LogP contribution in [-0.4, -0.2) is 48.6 Å². The fourth-order valence-electron chi connectivity index (χ4n) is 6.42. The first-order chi connectivity index (χ1) is 14.9. The van der Waals surface area contributed by atoms with E-state index in [0.29, 0.717) is 17.6 Å². The Morgan fingerprint density at radius 2 is 1.52 bits per heavy atom. The molecule has 190 valence electrons. The number of ether oxygens (including phenoxy) is 1. The van der Waals surface area contributed by atoms with Gasteiger partial charge in [-0.3, -0.25) is 4.79 Å². The zero-order valence-electron chi connectivity index (χ0n) is 23.5. The van der Waals surface area contributed by atoms with Crippen LogP contribution in [0.3, 0.4) is 0 Å². The number of hydrogen-bond acceptors (Lipinski definition) is 3. The zero-order valence-corrected chi connectivity index (χ0v) is 26.5. The summed E-state index contributed by atoms with van der Waals surface area (Å²) in [6, 6.07) is 2.52. The second kappa shape index (κ2) is 9.13. The van der Waals surface area contributed by atoms with Gasteiger partial charge in [0.2, 0.25) is 0 Å². The zero-order chi connectivity index (χ0) is 25.0. The maximum Gasteiger partial charge on any atom is 0.191 e. The minimum atomic E-state index is -1.70. The Kier molecular flexibility index (Phi) is 7.63. The first kappa shape index (κ1) is 27.6. The molecule has 6 atom stereocenters. The van der Waals surface area contributed by atoms with Crippen LogP contribution in [0.1, 0.15) is 40.0 Å². The molecule has 1 saturated heterocycles. The standard InChI is InChI=1S/C27H52O3Si3/c1-26(2,3)33(10,11)29-17-13-12-15-27-16-14-22(30-27)23-20(18-31(4,5)6)21(19-32(7,8)9)24(27)25(23)28/h14,16,20-24H,12-13,15,17-19H2,1-11H3/t20-,21+,22-,23-,24-,27+/m0/s1. The predicted molar refractivity (Wildman–Crippen MR) is 149 cm³/mol. The van der Waals surface area contributed by atoms with Gasteiger partial charge in [0.15, 0.2) is 8.32 Å². The van der Waals surface area contributed by atoms with Gasteiger partial charge in [-0.25, -0.2) is 0 Å². The van der Waals surface area contributed by atoms with Crippen molar-refractivity contribution in [3.63, 3.8) is 0 Å². The molecule has 3 rings (SSSR count). The van der Waals surface area contributed by atoms with E-state index in [2.05, 4.69) is 85.3 Å². The summed E-state index contributed by atoms with van der Waals surface area (Å²) >= 11 is 0. The topological polar surface area (TPSA) is 35.5 Å². The van der Waals surface area contributed by atoms with Crippen LogP contribution < -0.4 is 0 Å². The lowest BCUT2D eigenvalue weighted by molar-refractivity contribution is -0.155. The molecule has 0 aromatic carbocycles. The molecule has 2 heterocycles. The van der Waals surface area contributed by atoms with Gasteiger partial charge in [0.25, 0.3) is 0 Å². The van der Waals surface area contributed by atoms with Crippen molar-refractivity contribution >= 4 is 30.2 Å². The van der Waals surface area contributed by atoms with Crippen molar-refractivity contribution < 1.29 is 14.0 Å². The summed E-state index contributed by atoms with van der Waals surface area (Å²) in [6.45, 7) is 27.2. The Labute approximate surface area is 207 Å². The molecule has 2 aliphatic heterocycles. The van der Waals surface area contributed by atoms with Crippen LogP contribution in [0.4, 0.5) is 0 Å². The van der Waals surface area contributed by atoms with Crippen molar-refractivity contribution in [2.75, 3.05) is 6.61 Å². The molecular weight excluding hydrogens is 457 g/mol. The number of carbonyl (C=O) groups is 1. The van der Waals surface area contributed by atoms with Crippen molar-refractivity contribution in [2.45, 2.75) is 121 Å². The molecule has 3 aliphatic rings. The first-order valence-corrected chi connectivity index (χ1v) is 23.7. The van der Waals surface area contributed by atoms with Gasteiger partial charge in [-0.15, -0.1) is 0 Å². The minimum Gasteiger partial charge on any atom is -0.417 e. The Morgan fingerprint density at radius 3 is 2.06 bits per heavy atom. The van der Waals surface area contributed by atoms with E-state index in [1.54, 1.807) is 0 Å². The monoisotopic (exact) mass is 508 g/mol. The Hall–Kier alpha value is -0.0194. The maximum absolute atomic E-state index is 13.9. The van der Waals surface area contributed by atoms with Crippen LogP contribution in [0.25, 0.3) is 0 Å².